The molecule has 1 aromatic carbocycles. The summed E-state index contributed by atoms with van der Waals surface area (Å²) in [4.78, 5) is 26.8. The van der Waals surface area contributed by atoms with Gasteiger partial charge in [0.05, 0.1) is 12.1 Å². The first-order chi connectivity index (χ1) is 9.97. The molecule has 4 N–H and O–H groups in total. The van der Waals surface area contributed by atoms with Gasteiger partial charge < -0.3 is 15.7 Å². The SMILES string of the molecule is Cc1cc(NC(=O)NCc2ncn[nH]2)cc(C(=O)O)c1C. The molecule has 8 heteroatoms. The van der Waals surface area contributed by atoms with Crippen molar-refractivity contribution in [3.63, 3.8) is 0 Å². The fraction of sp³-hybridized carbons (Fsp3) is 0.231. The highest BCUT2D eigenvalue weighted by molar-refractivity contribution is 5.94. The zero-order valence-electron chi connectivity index (χ0n) is 11.6. The molecule has 8 nitrogen and oxygen atoms in total. The molecule has 2 aromatic rings. The summed E-state index contributed by atoms with van der Waals surface area (Å²) in [6.07, 6.45) is 1.34. The van der Waals surface area contributed by atoms with Gasteiger partial charge in [0.1, 0.15) is 12.2 Å². The molecular weight excluding hydrogens is 274 g/mol. The minimum absolute atomic E-state index is 0.167. The zero-order valence-corrected chi connectivity index (χ0v) is 11.6. The molecule has 0 saturated heterocycles. The standard InChI is InChI=1S/C13H15N5O3/c1-7-3-9(4-10(8(7)2)12(19)20)17-13(21)14-5-11-15-6-16-18-11/h3-4,6H,5H2,1-2H3,(H,19,20)(H2,14,17,21)(H,15,16,18). The van der Waals surface area contributed by atoms with Crippen LogP contribution in [0.1, 0.15) is 27.3 Å². The summed E-state index contributed by atoms with van der Waals surface area (Å²) in [5, 5.41) is 20.6. The van der Waals surface area contributed by atoms with Crippen LogP contribution in [0.2, 0.25) is 0 Å². The fourth-order valence-electron chi connectivity index (χ4n) is 1.81. The first-order valence-corrected chi connectivity index (χ1v) is 6.21. The molecule has 0 aliphatic rings. The smallest absolute Gasteiger partial charge is 0.336 e. The van der Waals surface area contributed by atoms with Gasteiger partial charge in [-0.1, -0.05) is 0 Å². The van der Waals surface area contributed by atoms with Crippen molar-refractivity contribution in [2.45, 2.75) is 20.4 Å². The third kappa shape index (κ3) is 3.56. The molecule has 0 spiro atoms. The number of rotatable bonds is 4. The lowest BCUT2D eigenvalue weighted by Crippen LogP contribution is -2.28. The Morgan fingerprint density at radius 1 is 1.33 bits per heavy atom. The van der Waals surface area contributed by atoms with E-state index in [1.165, 1.54) is 12.4 Å². The average Bonchev–Trinajstić information content (AvgIpc) is 2.93. The van der Waals surface area contributed by atoms with E-state index in [2.05, 4.69) is 25.8 Å². The number of nitrogens with zero attached hydrogens (tertiary/aromatic N) is 2. The van der Waals surface area contributed by atoms with Crippen molar-refractivity contribution in [3.05, 3.63) is 41.0 Å². The average molecular weight is 289 g/mol. The van der Waals surface area contributed by atoms with Crippen LogP contribution < -0.4 is 10.6 Å². The Bertz CT molecular complexity index is 667. The van der Waals surface area contributed by atoms with E-state index in [1.807, 2.05) is 0 Å². The first kappa shape index (κ1) is 14.5. The summed E-state index contributed by atoms with van der Waals surface area (Å²) in [7, 11) is 0. The summed E-state index contributed by atoms with van der Waals surface area (Å²) in [6.45, 7) is 3.72. The molecule has 0 aliphatic carbocycles. The summed E-state index contributed by atoms with van der Waals surface area (Å²) in [5.41, 5.74) is 2.06. The molecule has 2 amide bonds. The molecule has 0 aliphatic heterocycles. The first-order valence-electron chi connectivity index (χ1n) is 6.21. The lowest BCUT2D eigenvalue weighted by Gasteiger charge is -2.11. The number of carboxylic acid groups (broad SMARTS) is 1. The fourth-order valence-corrected chi connectivity index (χ4v) is 1.81. The predicted octanol–water partition coefficient (Wildman–Crippen LogP) is 1.44. The van der Waals surface area contributed by atoms with Crippen LogP contribution in [0.25, 0.3) is 0 Å². The number of aromatic nitrogens is 3. The normalized spacial score (nSPS) is 10.2. The van der Waals surface area contributed by atoms with Crippen molar-refractivity contribution in [1.29, 1.82) is 0 Å². The van der Waals surface area contributed by atoms with E-state index in [0.29, 0.717) is 17.1 Å². The van der Waals surface area contributed by atoms with Gasteiger partial charge >= 0.3 is 12.0 Å². The van der Waals surface area contributed by atoms with E-state index < -0.39 is 12.0 Å². The van der Waals surface area contributed by atoms with Gasteiger partial charge in [-0.05, 0) is 37.1 Å². The van der Waals surface area contributed by atoms with Crippen molar-refractivity contribution in [2.24, 2.45) is 0 Å². The van der Waals surface area contributed by atoms with E-state index >= 15 is 0 Å². The molecule has 0 unspecified atom stereocenters. The predicted molar refractivity (Wildman–Crippen MR) is 75.1 cm³/mol. The number of urea groups is 1. The minimum atomic E-state index is -1.03. The Kier molecular flexibility index (Phi) is 4.17. The number of aryl methyl sites for hydroxylation is 1. The van der Waals surface area contributed by atoms with Crippen LogP contribution in [0.5, 0.6) is 0 Å². The van der Waals surface area contributed by atoms with E-state index in [1.54, 1.807) is 19.9 Å². The van der Waals surface area contributed by atoms with Gasteiger partial charge in [-0.15, -0.1) is 0 Å². The Morgan fingerprint density at radius 3 is 2.71 bits per heavy atom. The lowest BCUT2D eigenvalue weighted by atomic mass is 10.0. The van der Waals surface area contributed by atoms with Gasteiger partial charge in [-0.25, -0.2) is 14.6 Å². The second kappa shape index (κ2) is 6.04. The number of hydrogen-bond donors (Lipinski definition) is 4. The molecule has 0 bridgehead atoms. The number of benzene rings is 1. The summed E-state index contributed by atoms with van der Waals surface area (Å²) in [6, 6.07) is 2.69. The maximum Gasteiger partial charge on any atom is 0.336 e. The van der Waals surface area contributed by atoms with E-state index in [4.69, 9.17) is 5.11 Å². The monoisotopic (exact) mass is 289 g/mol. The Hall–Kier alpha value is -2.90. The Balaban J connectivity index is 2.05. The maximum absolute atomic E-state index is 11.8. The molecule has 0 radical (unpaired) electrons. The van der Waals surface area contributed by atoms with Crippen LogP contribution in [0.15, 0.2) is 18.5 Å². The van der Waals surface area contributed by atoms with Crippen molar-refractivity contribution in [3.8, 4) is 0 Å². The molecule has 0 saturated carbocycles. The largest absolute Gasteiger partial charge is 0.478 e. The van der Waals surface area contributed by atoms with Crippen LogP contribution in [-0.2, 0) is 6.54 Å². The number of aromatic carboxylic acids is 1. The van der Waals surface area contributed by atoms with Crippen molar-refractivity contribution >= 4 is 17.7 Å². The number of carboxylic acids is 1. The van der Waals surface area contributed by atoms with Crippen LogP contribution in [0.4, 0.5) is 10.5 Å². The molecule has 21 heavy (non-hydrogen) atoms. The summed E-state index contributed by atoms with van der Waals surface area (Å²) < 4.78 is 0. The number of carbonyl (C=O) groups excluding carboxylic acids is 1. The van der Waals surface area contributed by atoms with Crippen molar-refractivity contribution < 1.29 is 14.7 Å². The van der Waals surface area contributed by atoms with Gasteiger partial charge in [0.15, 0.2) is 0 Å². The molecule has 1 heterocycles. The molecule has 110 valence electrons. The minimum Gasteiger partial charge on any atom is -0.478 e. The third-order valence-electron chi connectivity index (χ3n) is 3.04. The number of amides is 2. The molecule has 1 aromatic heterocycles. The molecule has 0 atom stereocenters. The summed E-state index contributed by atoms with van der Waals surface area (Å²) in [5.74, 6) is -0.502. The van der Waals surface area contributed by atoms with Gasteiger partial charge in [-0.3, -0.25) is 5.10 Å². The van der Waals surface area contributed by atoms with Crippen molar-refractivity contribution in [2.75, 3.05) is 5.32 Å². The summed E-state index contributed by atoms with van der Waals surface area (Å²) >= 11 is 0. The van der Waals surface area contributed by atoms with Crippen molar-refractivity contribution in [1.82, 2.24) is 20.5 Å². The molecule has 0 fully saturated rings. The van der Waals surface area contributed by atoms with Crippen LogP contribution in [0, 0.1) is 13.8 Å². The number of anilines is 1. The van der Waals surface area contributed by atoms with E-state index in [0.717, 1.165) is 5.56 Å². The quantitative estimate of drug-likeness (QED) is 0.679. The third-order valence-corrected chi connectivity index (χ3v) is 3.04. The Morgan fingerprint density at radius 2 is 2.10 bits per heavy atom. The van der Waals surface area contributed by atoms with Crippen LogP contribution in [0.3, 0.4) is 0 Å². The number of carbonyl (C=O) groups is 2. The van der Waals surface area contributed by atoms with Gasteiger partial charge in [0.2, 0.25) is 0 Å². The number of nitrogens with one attached hydrogen (secondary N) is 3. The second-order valence-electron chi connectivity index (χ2n) is 4.51. The van der Waals surface area contributed by atoms with Gasteiger partial charge in [-0.2, -0.15) is 5.10 Å². The number of aromatic amines is 1. The number of H-pyrrole nitrogens is 1. The van der Waals surface area contributed by atoms with Gasteiger partial charge in [0.25, 0.3) is 0 Å². The van der Waals surface area contributed by atoms with E-state index in [-0.39, 0.29) is 12.1 Å². The van der Waals surface area contributed by atoms with Crippen LogP contribution >= 0.6 is 0 Å². The highest BCUT2D eigenvalue weighted by atomic mass is 16.4. The maximum atomic E-state index is 11.8. The molecular formula is C13H15N5O3. The van der Waals surface area contributed by atoms with E-state index in [9.17, 15) is 9.59 Å². The second-order valence-corrected chi connectivity index (χ2v) is 4.51. The lowest BCUT2D eigenvalue weighted by molar-refractivity contribution is 0.0696. The highest BCUT2D eigenvalue weighted by Crippen LogP contribution is 2.20. The number of hydrogen-bond acceptors (Lipinski definition) is 4. The zero-order chi connectivity index (χ0) is 15.4. The highest BCUT2D eigenvalue weighted by Gasteiger charge is 2.12. The molecule has 2 rings (SSSR count). The van der Waals surface area contributed by atoms with Gasteiger partial charge in [0, 0.05) is 5.69 Å². The topological polar surface area (TPSA) is 120 Å². The van der Waals surface area contributed by atoms with Crippen LogP contribution in [-0.4, -0.2) is 32.3 Å². The Labute approximate surface area is 120 Å².